The highest BCUT2D eigenvalue weighted by Gasteiger charge is 2.12. The van der Waals surface area contributed by atoms with Crippen molar-refractivity contribution in [3.8, 4) is 5.88 Å². The number of methoxy groups -OCH3 is 1. The molecule has 18 heavy (non-hydrogen) atoms. The molecule has 0 aromatic carbocycles. The molecule has 0 bridgehead atoms. The Bertz CT molecular complexity index is 519. The molecule has 0 radical (unpaired) electrons. The molecule has 0 aliphatic rings. The first kappa shape index (κ1) is 12.9. The minimum Gasteiger partial charge on any atom is -0.482 e. The van der Waals surface area contributed by atoms with Crippen LogP contribution in [0.3, 0.4) is 0 Å². The number of nitrogens with zero attached hydrogens (tertiary/aromatic N) is 2. The van der Waals surface area contributed by atoms with Gasteiger partial charge in [0.2, 0.25) is 0 Å². The summed E-state index contributed by atoms with van der Waals surface area (Å²) in [6.07, 6.45) is 2.05. The van der Waals surface area contributed by atoms with Crippen molar-refractivity contribution in [3.05, 3.63) is 29.7 Å². The predicted molar refractivity (Wildman–Crippen MR) is 73.1 cm³/mol. The normalized spacial score (nSPS) is 11.1. The van der Waals surface area contributed by atoms with Crippen LogP contribution in [0.1, 0.15) is 31.8 Å². The lowest BCUT2D eigenvalue weighted by Gasteiger charge is -2.06. The van der Waals surface area contributed by atoms with Gasteiger partial charge >= 0.3 is 0 Å². The molecule has 98 valence electrons. The molecule has 0 atom stereocenters. The zero-order chi connectivity index (χ0) is 13.0. The van der Waals surface area contributed by atoms with Gasteiger partial charge in [0, 0.05) is 13.0 Å². The van der Waals surface area contributed by atoms with Gasteiger partial charge < -0.3 is 10.1 Å². The molecule has 0 unspecified atom stereocenters. The smallest absolute Gasteiger partial charge is 0.199 e. The summed E-state index contributed by atoms with van der Waals surface area (Å²) >= 11 is 0. The Morgan fingerprint density at radius 1 is 1.33 bits per heavy atom. The molecule has 2 rings (SSSR count). The van der Waals surface area contributed by atoms with Crippen molar-refractivity contribution >= 4 is 5.52 Å². The van der Waals surface area contributed by atoms with Crippen LogP contribution < -0.4 is 10.1 Å². The highest BCUT2D eigenvalue weighted by atomic mass is 16.5. The van der Waals surface area contributed by atoms with Gasteiger partial charge in [0.1, 0.15) is 5.82 Å². The van der Waals surface area contributed by atoms with Gasteiger partial charge in [0.15, 0.2) is 5.88 Å². The number of hydrogen-bond acceptors (Lipinski definition) is 3. The van der Waals surface area contributed by atoms with Crippen LogP contribution in [-0.2, 0) is 13.0 Å². The van der Waals surface area contributed by atoms with E-state index in [-0.39, 0.29) is 0 Å². The average Bonchev–Trinajstić information content (AvgIpc) is 2.75. The molecule has 4 nitrogen and oxygen atoms in total. The summed E-state index contributed by atoms with van der Waals surface area (Å²) in [6, 6.07) is 6.09. The van der Waals surface area contributed by atoms with E-state index in [1.807, 2.05) is 12.1 Å². The van der Waals surface area contributed by atoms with Crippen molar-refractivity contribution in [2.75, 3.05) is 13.7 Å². The number of hydrogen-bond donors (Lipinski definition) is 1. The maximum absolute atomic E-state index is 5.43. The van der Waals surface area contributed by atoms with Crippen LogP contribution in [-0.4, -0.2) is 23.0 Å². The fraction of sp³-hybridized carbons (Fsp3) is 0.500. The number of aryl methyl sites for hydroxylation is 1. The molecule has 2 aromatic heterocycles. The number of ether oxygens (including phenoxy) is 1. The van der Waals surface area contributed by atoms with Gasteiger partial charge in [-0.15, -0.1) is 0 Å². The summed E-state index contributed by atoms with van der Waals surface area (Å²) in [7, 11) is 1.70. The molecule has 2 aromatic rings. The number of pyridine rings is 1. The molecule has 0 saturated carbocycles. The predicted octanol–water partition coefficient (Wildman–Crippen LogP) is 2.40. The average molecular weight is 247 g/mol. The van der Waals surface area contributed by atoms with Crippen molar-refractivity contribution in [1.82, 2.24) is 14.7 Å². The molecule has 0 fully saturated rings. The monoisotopic (exact) mass is 247 g/mol. The Hall–Kier alpha value is -1.55. The van der Waals surface area contributed by atoms with Gasteiger partial charge in [-0.25, -0.2) is 4.98 Å². The SMILES string of the molecule is CCCc1nc(CNCC)c2cccc(OC)n12. The summed E-state index contributed by atoms with van der Waals surface area (Å²) in [5.41, 5.74) is 2.23. The highest BCUT2D eigenvalue weighted by Crippen LogP contribution is 2.21. The van der Waals surface area contributed by atoms with Crippen molar-refractivity contribution < 1.29 is 4.74 Å². The van der Waals surface area contributed by atoms with E-state index in [9.17, 15) is 0 Å². The summed E-state index contributed by atoms with van der Waals surface area (Å²) < 4.78 is 7.56. The Labute approximate surface area is 108 Å². The van der Waals surface area contributed by atoms with E-state index < -0.39 is 0 Å². The van der Waals surface area contributed by atoms with Crippen LogP contribution in [0.15, 0.2) is 18.2 Å². The minimum atomic E-state index is 0.802. The summed E-state index contributed by atoms with van der Waals surface area (Å²) in [6.45, 7) is 6.02. The number of aromatic nitrogens is 2. The summed E-state index contributed by atoms with van der Waals surface area (Å²) in [5, 5.41) is 3.33. The van der Waals surface area contributed by atoms with E-state index in [4.69, 9.17) is 9.72 Å². The third-order valence-corrected chi connectivity index (χ3v) is 3.00. The zero-order valence-corrected chi connectivity index (χ0v) is 11.4. The molecule has 0 amide bonds. The molecule has 0 aliphatic carbocycles. The molecule has 4 heteroatoms. The van der Waals surface area contributed by atoms with E-state index in [1.54, 1.807) is 7.11 Å². The van der Waals surface area contributed by atoms with Crippen LogP contribution in [0.5, 0.6) is 5.88 Å². The first-order valence-electron chi connectivity index (χ1n) is 6.55. The Kier molecular flexibility index (Phi) is 4.20. The second kappa shape index (κ2) is 5.87. The first-order chi connectivity index (χ1) is 8.81. The van der Waals surface area contributed by atoms with Gasteiger partial charge in [-0.1, -0.05) is 19.9 Å². The third kappa shape index (κ3) is 2.34. The second-order valence-electron chi connectivity index (χ2n) is 4.29. The van der Waals surface area contributed by atoms with Crippen LogP contribution in [0.4, 0.5) is 0 Å². The van der Waals surface area contributed by atoms with Gasteiger partial charge in [-0.3, -0.25) is 4.40 Å². The molecule has 2 heterocycles. The van der Waals surface area contributed by atoms with Crippen LogP contribution in [0, 0.1) is 0 Å². The lowest BCUT2D eigenvalue weighted by Crippen LogP contribution is -2.12. The fourth-order valence-corrected chi connectivity index (χ4v) is 2.17. The van der Waals surface area contributed by atoms with Gasteiger partial charge in [-0.2, -0.15) is 0 Å². The van der Waals surface area contributed by atoms with Crippen LogP contribution in [0.25, 0.3) is 5.52 Å². The lowest BCUT2D eigenvalue weighted by atomic mass is 10.3. The van der Waals surface area contributed by atoms with Crippen molar-refractivity contribution in [2.45, 2.75) is 33.2 Å². The third-order valence-electron chi connectivity index (χ3n) is 3.00. The van der Waals surface area contributed by atoms with Crippen molar-refractivity contribution in [1.29, 1.82) is 0 Å². The highest BCUT2D eigenvalue weighted by molar-refractivity contribution is 5.55. The molecule has 0 spiro atoms. The van der Waals surface area contributed by atoms with E-state index in [0.717, 1.165) is 48.8 Å². The molecular weight excluding hydrogens is 226 g/mol. The van der Waals surface area contributed by atoms with Gasteiger partial charge in [0.05, 0.1) is 18.3 Å². The molecular formula is C14H21N3O. The summed E-state index contributed by atoms with van der Waals surface area (Å²) in [4.78, 5) is 4.75. The lowest BCUT2D eigenvalue weighted by molar-refractivity contribution is 0.390. The van der Waals surface area contributed by atoms with Crippen molar-refractivity contribution in [3.63, 3.8) is 0 Å². The summed E-state index contributed by atoms with van der Waals surface area (Å²) in [5.74, 6) is 1.93. The quantitative estimate of drug-likeness (QED) is 0.852. The fourth-order valence-electron chi connectivity index (χ4n) is 2.17. The number of nitrogens with one attached hydrogen (secondary N) is 1. The molecule has 0 aliphatic heterocycles. The topological polar surface area (TPSA) is 38.6 Å². The zero-order valence-electron chi connectivity index (χ0n) is 11.4. The maximum Gasteiger partial charge on any atom is 0.199 e. The van der Waals surface area contributed by atoms with Crippen LogP contribution >= 0.6 is 0 Å². The van der Waals surface area contributed by atoms with Crippen molar-refractivity contribution in [2.24, 2.45) is 0 Å². The Morgan fingerprint density at radius 3 is 2.83 bits per heavy atom. The largest absolute Gasteiger partial charge is 0.482 e. The Morgan fingerprint density at radius 2 is 2.17 bits per heavy atom. The second-order valence-corrected chi connectivity index (χ2v) is 4.29. The van der Waals surface area contributed by atoms with E-state index in [0.29, 0.717) is 0 Å². The van der Waals surface area contributed by atoms with E-state index in [2.05, 4.69) is 29.6 Å². The van der Waals surface area contributed by atoms with Gasteiger partial charge in [-0.05, 0) is 25.1 Å². The van der Waals surface area contributed by atoms with E-state index >= 15 is 0 Å². The Balaban J connectivity index is 2.52. The first-order valence-corrected chi connectivity index (χ1v) is 6.55. The van der Waals surface area contributed by atoms with E-state index in [1.165, 1.54) is 0 Å². The minimum absolute atomic E-state index is 0.802. The number of imidazole rings is 1. The standard InChI is InChI=1S/C14H21N3O/c1-4-7-13-16-11(10-15-5-2)12-8-6-9-14(18-3)17(12)13/h6,8-9,15H,4-5,7,10H2,1-3H3. The van der Waals surface area contributed by atoms with Gasteiger partial charge in [0.25, 0.3) is 0 Å². The number of rotatable bonds is 6. The van der Waals surface area contributed by atoms with Crippen LogP contribution in [0.2, 0.25) is 0 Å². The maximum atomic E-state index is 5.43. The molecule has 1 N–H and O–H groups in total. The molecule has 0 saturated heterocycles. The number of fused-ring (bicyclic) bond motifs is 1.